The Kier molecular flexibility index (Phi) is 5.37. The van der Waals surface area contributed by atoms with Gasteiger partial charge in [0, 0.05) is 32.0 Å². The van der Waals surface area contributed by atoms with E-state index >= 15 is 0 Å². The minimum Gasteiger partial charge on any atom is -0.467 e. The van der Waals surface area contributed by atoms with Crippen LogP contribution in [0, 0.1) is 5.82 Å². The van der Waals surface area contributed by atoms with Crippen molar-refractivity contribution in [3.05, 3.63) is 59.9 Å². The Hall–Kier alpha value is -2.55. The average Bonchev–Trinajstić information content (AvgIpc) is 3.42. The van der Waals surface area contributed by atoms with Crippen LogP contribution in [0.5, 0.6) is 5.19 Å². The van der Waals surface area contributed by atoms with Gasteiger partial charge in [0.05, 0.1) is 4.70 Å². The maximum absolute atomic E-state index is 13.8. The maximum Gasteiger partial charge on any atom is 0.274 e. The molecule has 8 heteroatoms. The number of nitrogens with one attached hydrogen (secondary N) is 2. The number of hydrogen-bond acceptors (Lipinski definition) is 6. The van der Waals surface area contributed by atoms with Crippen LogP contribution in [-0.2, 0) is 4.79 Å². The van der Waals surface area contributed by atoms with Crippen LogP contribution < -0.4 is 15.6 Å². The second kappa shape index (κ2) is 8.29. The number of nitrogens with zero attached hydrogens (tertiary/aromatic N) is 2. The molecule has 2 saturated heterocycles. The molecule has 6 nitrogen and oxygen atoms in total. The number of hydrogen-bond donors (Lipinski definition) is 2. The number of halogens is 1. The number of carbonyl (C=O) groups excluding carboxylic acids is 1. The van der Waals surface area contributed by atoms with Crippen LogP contribution in [0.25, 0.3) is 10.2 Å². The molecular weight excluding hydrogens is 403 g/mol. The number of likely N-dealkylation sites (tertiary alicyclic amines) is 1. The van der Waals surface area contributed by atoms with Gasteiger partial charge in [0.1, 0.15) is 23.5 Å². The van der Waals surface area contributed by atoms with Gasteiger partial charge in [-0.05, 0) is 24.1 Å². The summed E-state index contributed by atoms with van der Waals surface area (Å²) < 4.78 is 20.6. The number of fused-ring (bicyclic) bond motifs is 1. The van der Waals surface area contributed by atoms with Crippen molar-refractivity contribution in [2.45, 2.75) is 37.5 Å². The van der Waals surface area contributed by atoms with E-state index < -0.39 is 0 Å². The van der Waals surface area contributed by atoms with Crippen LogP contribution >= 0.6 is 11.3 Å². The first-order valence-corrected chi connectivity index (χ1v) is 11.1. The van der Waals surface area contributed by atoms with Crippen LogP contribution in [0.1, 0.15) is 30.9 Å². The highest BCUT2D eigenvalue weighted by Crippen LogP contribution is 2.31. The largest absolute Gasteiger partial charge is 0.467 e. The van der Waals surface area contributed by atoms with Crippen molar-refractivity contribution >= 4 is 27.5 Å². The van der Waals surface area contributed by atoms with Crippen LogP contribution in [0.4, 0.5) is 4.39 Å². The molecule has 2 atom stereocenters. The molecule has 2 unspecified atom stereocenters. The molecule has 0 radical (unpaired) electrons. The number of carbonyl (C=O) groups is 1. The van der Waals surface area contributed by atoms with Crippen LogP contribution in [0.15, 0.2) is 48.5 Å². The molecule has 5 rings (SSSR count). The van der Waals surface area contributed by atoms with E-state index in [1.807, 2.05) is 29.2 Å². The molecule has 156 valence electrons. The lowest BCUT2D eigenvalue weighted by atomic mass is 10.0. The molecule has 0 saturated carbocycles. The molecule has 2 aliphatic rings. The Bertz CT molecular complexity index is 1040. The maximum atomic E-state index is 13.8. The third-order valence-corrected chi connectivity index (χ3v) is 6.69. The number of ether oxygens (including phenoxy) is 1. The summed E-state index contributed by atoms with van der Waals surface area (Å²) in [6.07, 6.45) is 2.21. The third-order valence-electron chi connectivity index (χ3n) is 5.77. The van der Waals surface area contributed by atoms with E-state index in [1.54, 1.807) is 6.07 Å². The fourth-order valence-electron chi connectivity index (χ4n) is 4.12. The molecule has 0 bridgehead atoms. The average molecular weight is 427 g/mol. The quantitative estimate of drug-likeness (QED) is 0.669. The summed E-state index contributed by atoms with van der Waals surface area (Å²) in [5, 5.41) is 0.493. The van der Waals surface area contributed by atoms with Gasteiger partial charge in [0.25, 0.3) is 5.19 Å². The molecule has 1 aromatic heterocycles. The van der Waals surface area contributed by atoms with Crippen molar-refractivity contribution < 1.29 is 13.9 Å². The summed E-state index contributed by atoms with van der Waals surface area (Å²) in [5.74, 6) is -0.202. The van der Waals surface area contributed by atoms with Crippen LogP contribution in [-0.4, -0.2) is 41.0 Å². The Morgan fingerprint density at radius 2 is 1.90 bits per heavy atom. The fraction of sp³-hybridized carbons (Fsp3) is 0.364. The van der Waals surface area contributed by atoms with Gasteiger partial charge in [-0.1, -0.05) is 47.7 Å². The van der Waals surface area contributed by atoms with Crippen LogP contribution in [0.3, 0.4) is 0 Å². The summed E-state index contributed by atoms with van der Waals surface area (Å²) in [6.45, 7) is 1.30. The fourth-order valence-corrected chi connectivity index (χ4v) is 5.02. The first-order valence-electron chi connectivity index (χ1n) is 10.2. The summed E-state index contributed by atoms with van der Waals surface area (Å²) in [5.41, 5.74) is 7.94. The number of piperidine rings is 1. The zero-order valence-corrected chi connectivity index (χ0v) is 17.2. The molecule has 2 fully saturated rings. The third kappa shape index (κ3) is 3.90. The number of aromatic nitrogens is 1. The highest BCUT2D eigenvalue weighted by atomic mass is 32.1. The van der Waals surface area contributed by atoms with E-state index in [-0.39, 0.29) is 29.9 Å². The Labute approximate surface area is 178 Å². The molecule has 1 amide bonds. The number of rotatable bonds is 4. The van der Waals surface area contributed by atoms with E-state index in [1.165, 1.54) is 23.0 Å². The van der Waals surface area contributed by atoms with Gasteiger partial charge in [-0.3, -0.25) is 4.79 Å². The predicted molar refractivity (Wildman–Crippen MR) is 114 cm³/mol. The minimum absolute atomic E-state index is 0.00981. The Morgan fingerprint density at radius 3 is 2.67 bits per heavy atom. The topological polar surface area (TPSA) is 66.5 Å². The van der Waals surface area contributed by atoms with E-state index in [4.69, 9.17) is 4.74 Å². The highest BCUT2D eigenvalue weighted by Gasteiger charge is 2.34. The van der Waals surface area contributed by atoms with E-state index in [0.29, 0.717) is 23.8 Å². The van der Waals surface area contributed by atoms with Gasteiger partial charge < -0.3 is 9.64 Å². The Balaban J connectivity index is 1.15. The molecule has 3 aromatic rings. The first-order chi connectivity index (χ1) is 14.7. The number of amides is 1. The van der Waals surface area contributed by atoms with Crippen LogP contribution in [0.2, 0.25) is 0 Å². The summed E-state index contributed by atoms with van der Waals surface area (Å²) >= 11 is 1.36. The SMILES string of the molecule is O=C(C1CC(c2ccccc2)NN1)N1CCC(Oc2nc3c(F)cccc3s2)CC1. The lowest BCUT2D eigenvalue weighted by molar-refractivity contribution is -0.135. The normalized spacial score (nSPS) is 22.5. The monoisotopic (exact) mass is 426 g/mol. The number of benzene rings is 2. The van der Waals surface area contributed by atoms with E-state index in [0.717, 1.165) is 24.0 Å². The number of thiazole rings is 1. The van der Waals surface area contributed by atoms with E-state index in [9.17, 15) is 9.18 Å². The van der Waals surface area contributed by atoms with Crippen molar-refractivity contribution in [3.8, 4) is 5.19 Å². The molecule has 2 N–H and O–H groups in total. The lowest BCUT2D eigenvalue weighted by Gasteiger charge is -2.33. The molecule has 30 heavy (non-hydrogen) atoms. The predicted octanol–water partition coefficient (Wildman–Crippen LogP) is 3.41. The van der Waals surface area contributed by atoms with Crippen molar-refractivity contribution in [2.24, 2.45) is 0 Å². The van der Waals surface area contributed by atoms with Gasteiger partial charge in [-0.2, -0.15) is 4.98 Å². The first kappa shape index (κ1) is 19.4. The summed E-state index contributed by atoms with van der Waals surface area (Å²) in [4.78, 5) is 19.1. The molecule has 2 aliphatic heterocycles. The summed E-state index contributed by atoms with van der Waals surface area (Å²) in [7, 11) is 0. The zero-order chi connectivity index (χ0) is 20.5. The van der Waals surface area contributed by atoms with Gasteiger partial charge in [0.15, 0.2) is 0 Å². The standard InChI is InChI=1S/C22H23FN4O2S/c23-16-7-4-8-19-20(16)24-22(30-19)29-15-9-11-27(12-10-15)21(28)18-13-17(25-26-18)14-5-2-1-3-6-14/h1-8,15,17-18,25-26H,9-13H2. The van der Waals surface area contributed by atoms with Gasteiger partial charge in [-0.25, -0.2) is 15.2 Å². The minimum atomic E-state index is -0.328. The van der Waals surface area contributed by atoms with Gasteiger partial charge in [-0.15, -0.1) is 0 Å². The molecule has 2 aromatic carbocycles. The van der Waals surface area contributed by atoms with Gasteiger partial charge >= 0.3 is 0 Å². The molecule has 3 heterocycles. The molecular formula is C22H23FN4O2S. The van der Waals surface area contributed by atoms with Gasteiger partial charge in [0.2, 0.25) is 5.91 Å². The molecule has 0 aliphatic carbocycles. The molecule has 0 spiro atoms. The van der Waals surface area contributed by atoms with Crippen molar-refractivity contribution in [1.29, 1.82) is 0 Å². The Morgan fingerprint density at radius 1 is 1.10 bits per heavy atom. The second-order valence-corrected chi connectivity index (χ2v) is 8.74. The second-order valence-electron chi connectivity index (χ2n) is 7.75. The smallest absolute Gasteiger partial charge is 0.274 e. The van der Waals surface area contributed by atoms with E-state index in [2.05, 4.69) is 28.0 Å². The zero-order valence-electron chi connectivity index (χ0n) is 16.4. The van der Waals surface area contributed by atoms with Crippen molar-refractivity contribution in [2.75, 3.05) is 13.1 Å². The number of hydrazine groups is 1. The number of para-hydroxylation sites is 1. The highest BCUT2D eigenvalue weighted by molar-refractivity contribution is 7.20. The summed E-state index contributed by atoms with van der Waals surface area (Å²) in [6, 6.07) is 15.0. The lowest BCUT2D eigenvalue weighted by Crippen LogP contribution is -2.49. The van der Waals surface area contributed by atoms with Crippen molar-refractivity contribution in [3.63, 3.8) is 0 Å². The van der Waals surface area contributed by atoms with Crippen molar-refractivity contribution in [1.82, 2.24) is 20.7 Å².